The summed E-state index contributed by atoms with van der Waals surface area (Å²) in [7, 11) is 4.65. The van der Waals surface area contributed by atoms with Gasteiger partial charge in [0.25, 0.3) is 5.91 Å². The molecule has 0 spiro atoms. The lowest BCUT2D eigenvalue weighted by Crippen LogP contribution is -2.31. The molecule has 27 heavy (non-hydrogen) atoms. The largest absolute Gasteiger partial charge is 0.493 e. The molecule has 1 atom stereocenters. The molecule has 0 fully saturated rings. The van der Waals surface area contributed by atoms with Crippen LogP contribution in [0, 0.1) is 0 Å². The molecule has 0 bridgehead atoms. The van der Waals surface area contributed by atoms with Crippen molar-refractivity contribution in [1.29, 1.82) is 0 Å². The number of carbonyl (C=O) groups excluding carboxylic acids is 2. The van der Waals surface area contributed by atoms with Gasteiger partial charge in [-0.3, -0.25) is 4.79 Å². The van der Waals surface area contributed by atoms with E-state index < -0.39 is 12.1 Å². The summed E-state index contributed by atoms with van der Waals surface area (Å²) in [4.78, 5) is 26.6. The van der Waals surface area contributed by atoms with Crippen molar-refractivity contribution < 1.29 is 23.8 Å². The molecule has 1 amide bonds. The summed E-state index contributed by atoms with van der Waals surface area (Å²) in [5.74, 6) is -0.380. The number of esters is 1. The molecule has 7 heteroatoms. The van der Waals surface area contributed by atoms with Gasteiger partial charge in [-0.15, -0.1) is 0 Å². The number of ether oxygens (including phenoxy) is 3. The molecule has 0 heterocycles. The maximum absolute atomic E-state index is 12.7. The van der Waals surface area contributed by atoms with Gasteiger partial charge in [-0.1, -0.05) is 41.9 Å². The van der Waals surface area contributed by atoms with Crippen molar-refractivity contribution in [2.24, 2.45) is 0 Å². The maximum atomic E-state index is 12.7. The molecular weight excluding hydrogens is 370 g/mol. The smallest absolute Gasteiger partial charge is 0.339 e. The average Bonchev–Trinajstić information content (AvgIpc) is 2.67. The second-order valence-corrected chi connectivity index (χ2v) is 6.26. The Kier molecular flexibility index (Phi) is 7.07. The summed E-state index contributed by atoms with van der Waals surface area (Å²) in [6, 6.07) is 11.7. The Morgan fingerprint density at radius 2 is 1.81 bits per heavy atom. The third kappa shape index (κ3) is 4.92. The van der Waals surface area contributed by atoms with Crippen molar-refractivity contribution in [1.82, 2.24) is 4.90 Å². The van der Waals surface area contributed by atoms with Gasteiger partial charge >= 0.3 is 5.97 Å². The lowest BCUT2D eigenvalue weighted by molar-refractivity contribution is -0.138. The van der Waals surface area contributed by atoms with E-state index in [0.29, 0.717) is 23.7 Å². The molecule has 0 N–H and O–H groups in total. The molecule has 0 radical (unpaired) electrons. The van der Waals surface area contributed by atoms with E-state index >= 15 is 0 Å². The van der Waals surface area contributed by atoms with Gasteiger partial charge in [-0.2, -0.15) is 0 Å². The first kappa shape index (κ1) is 20.6. The lowest BCUT2D eigenvalue weighted by Gasteiger charge is -2.21. The molecule has 2 aromatic rings. The first-order valence-electron chi connectivity index (χ1n) is 8.36. The first-order chi connectivity index (χ1) is 12.9. The highest BCUT2D eigenvalue weighted by molar-refractivity contribution is 6.32. The van der Waals surface area contributed by atoms with Crippen LogP contribution in [0.3, 0.4) is 0 Å². The standard InChI is InChI=1S/C20H22ClNO5/c1-5-26-18-15(21)11-14(12-16(18)25-4)20(24)27-17(19(23)22(2)3)13-9-7-6-8-10-13/h6-12,17H,5H2,1-4H3/t17-/m1/s1. The van der Waals surface area contributed by atoms with E-state index in [1.165, 1.54) is 24.1 Å². The molecule has 0 aliphatic rings. The predicted molar refractivity (Wildman–Crippen MR) is 102 cm³/mol. The lowest BCUT2D eigenvalue weighted by atomic mass is 10.1. The molecule has 0 aliphatic carbocycles. The molecule has 6 nitrogen and oxygen atoms in total. The Morgan fingerprint density at radius 3 is 2.37 bits per heavy atom. The predicted octanol–water partition coefficient (Wildman–Crippen LogP) is 3.73. The number of benzene rings is 2. The van der Waals surface area contributed by atoms with Gasteiger partial charge < -0.3 is 19.1 Å². The van der Waals surface area contributed by atoms with Gasteiger partial charge in [-0.05, 0) is 19.1 Å². The Balaban J connectivity index is 2.35. The number of carbonyl (C=O) groups is 2. The molecule has 0 aliphatic heterocycles. The van der Waals surface area contributed by atoms with E-state index in [1.54, 1.807) is 38.4 Å². The number of methoxy groups -OCH3 is 1. The molecule has 0 unspecified atom stereocenters. The van der Waals surface area contributed by atoms with E-state index in [0.717, 1.165) is 0 Å². The quantitative estimate of drug-likeness (QED) is 0.673. The Morgan fingerprint density at radius 1 is 1.15 bits per heavy atom. The number of nitrogens with zero attached hydrogens (tertiary/aromatic N) is 1. The van der Waals surface area contributed by atoms with Crippen molar-refractivity contribution in [3.63, 3.8) is 0 Å². The molecular formula is C20H22ClNO5. The zero-order valence-corrected chi connectivity index (χ0v) is 16.4. The summed E-state index contributed by atoms with van der Waals surface area (Å²) in [6.07, 6.45) is -1.06. The van der Waals surface area contributed by atoms with Crippen LogP contribution in [0.1, 0.15) is 28.9 Å². The van der Waals surface area contributed by atoms with E-state index in [1.807, 2.05) is 13.0 Å². The van der Waals surface area contributed by atoms with Gasteiger partial charge in [0.15, 0.2) is 11.5 Å². The number of rotatable bonds is 7. The molecule has 0 saturated carbocycles. The summed E-state index contributed by atoms with van der Waals surface area (Å²) in [5, 5.41) is 0.221. The molecule has 2 rings (SSSR count). The molecule has 144 valence electrons. The number of hydrogen-bond acceptors (Lipinski definition) is 5. The summed E-state index contributed by atoms with van der Waals surface area (Å²) in [6.45, 7) is 2.21. The van der Waals surface area contributed by atoms with Crippen LogP contribution in [0.5, 0.6) is 11.5 Å². The minimum Gasteiger partial charge on any atom is -0.493 e. The van der Waals surface area contributed by atoms with Crippen LogP contribution in [0.4, 0.5) is 0 Å². The van der Waals surface area contributed by atoms with E-state index in [2.05, 4.69) is 0 Å². The Labute approximate surface area is 163 Å². The zero-order chi connectivity index (χ0) is 20.0. The van der Waals surface area contributed by atoms with Crippen LogP contribution in [0.2, 0.25) is 5.02 Å². The Bertz CT molecular complexity index is 808. The van der Waals surface area contributed by atoms with Crippen LogP contribution in [0.15, 0.2) is 42.5 Å². The van der Waals surface area contributed by atoms with Crippen molar-refractivity contribution in [3.05, 3.63) is 58.6 Å². The van der Waals surface area contributed by atoms with Crippen LogP contribution in [0.25, 0.3) is 0 Å². The van der Waals surface area contributed by atoms with Crippen molar-refractivity contribution >= 4 is 23.5 Å². The van der Waals surface area contributed by atoms with E-state index in [9.17, 15) is 9.59 Å². The number of amides is 1. The summed E-state index contributed by atoms with van der Waals surface area (Å²) in [5.41, 5.74) is 0.737. The fourth-order valence-corrected chi connectivity index (χ4v) is 2.69. The number of hydrogen-bond donors (Lipinski definition) is 0. The van der Waals surface area contributed by atoms with Crippen LogP contribution in [-0.2, 0) is 9.53 Å². The van der Waals surface area contributed by atoms with Gasteiger partial charge in [0.1, 0.15) is 0 Å². The normalized spacial score (nSPS) is 11.4. The second kappa shape index (κ2) is 9.28. The van der Waals surface area contributed by atoms with Gasteiger partial charge in [0.2, 0.25) is 6.10 Å². The van der Waals surface area contributed by atoms with Crippen LogP contribution >= 0.6 is 11.6 Å². The number of likely N-dealkylation sites (N-methyl/N-ethyl adjacent to an activating group) is 1. The highest BCUT2D eigenvalue weighted by Gasteiger charge is 2.28. The summed E-state index contributed by atoms with van der Waals surface area (Å²) >= 11 is 6.21. The van der Waals surface area contributed by atoms with E-state index in [4.69, 9.17) is 25.8 Å². The zero-order valence-electron chi connectivity index (χ0n) is 15.7. The fraction of sp³-hybridized carbons (Fsp3) is 0.300. The highest BCUT2D eigenvalue weighted by Crippen LogP contribution is 2.37. The minimum absolute atomic E-state index is 0.160. The van der Waals surface area contributed by atoms with Crippen molar-refractivity contribution in [3.8, 4) is 11.5 Å². The van der Waals surface area contributed by atoms with Gasteiger partial charge in [-0.25, -0.2) is 4.79 Å². The average molecular weight is 392 g/mol. The van der Waals surface area contributed by atoms with E-state index in [-0.39, 0.29) is 16.5 Å². The second-order valence-electron chi connectivity index (χ2n) is 5.85. The van der Waals surface area contributed by atoms with Crippen LogP contribution < -0.4 is 9.47 Å². The third-order valence-corrected chi connectivity index (χ3v) is 4.03. The SMILES string of the molecule is CCOc1c(Cl)cc(C(=O)O[C@@H](C(=O)N(C)C)c2ccccc2)cc1OC. The van der Waals surface area contributed by atoms with Gasteiger partial charge in [0.05, 0.1) is 24.3 Å². The molecule has 0 aromatic heterocycles. The van der Waals surface area contributed by atoms with Crippen molar-refractivity contribution in [2.45, 2.75) is 13.0 Å². The van der Waals surface area contributed by atoms with Crippen LogP contribution in [-0.4, -0.2) is 44.6 Å². The maximum Gasteiger partial charge on any atom is 0.339 e. The van der Waals surface area contributed by atoms with Gasteiger partial charge in [0, 0.05) is 19.7 Å². The van der Waals surface area contributed by atoms with Crippen molar-refractivity contribution in [2.75, 3.05) is 27.8 Å². The highest BCUT2D eigenvalue weighted by atomic mass is 35.5. The molecule has 2 aromatic carbocycles. The monoisotopic (exact) mass is 391 g/mol. The minimum atomic E-state index is -1.06. The number of halogens is 1. The first-order valence-corrected chi connectivity index (χ1v) is 8.74. The fourth-order valence-electron chi connectivity index (χ4n) is 2.42. The molecule has 0 saturated heterocycles. The topological polar surface area (TPSA) is 65.1 Å². The summed E-state index contributed by atoms with van der Waals surface area (Å²) < 4.78 is 16.2. The Hall–Kier alpha value is -2.73. The third-order valence-electron chi connectivity index (χ3n) is 3.75.